The van der Waals surface area contributed by atoms with Crippen molar-refractivity contribution in [2.45, 2.75) is 59.5 Å². The molecule has 90 valence electrons. The quantitative estimate of drug-likeness (QED) is 0.846. The molecular formula is C14H24N2. The van der Waals surface area contributed by atoms with Crippen molar-refractivity contribution in [3.05, 3.63) is 29.1 Å². The normalized spacial score (nSPS) is 12.2. The van der Waals surface area contributed by atoms with Gasteiger partial charge in [0, 0.05) is 29.4 Å². The second kappa shape index (κ2) is 4.96. The summed E-state index contributed by atoms with van der Waals surface area (Å²) in [5.41, 5.74) is 3.73. The van der Waals surface area contributed by atoms with Crippen LogP contribution in [0.4, 0.5) is 0 Å². The molecule has 0 saturated heterocycles. The zero-order valence-electron chi connectivity index (χ0n) is 11.4. The van der Waals surface area contributed by atoms with Crippen LogP contribution in [0.5, 0.6) is 0 Å². The van der Waals surface area contributed by atoms with E-state index in [2.05, 4.69) is 64.0 Å². The molecule has 1 heterocycles. The molecule has 16 heavy (non-hydrogen) atoms. The van der Waals surface area contributed by atoms with Gasteiger partial charge in [-0.3, -0.25) is 4.98 Å². The first-order valence-electron chi connectivity index (χ1n) is 6.01. The number of rotatable bonds is 3. The molecule has 2 heteroatoms. The molecule has 1 N–H and O–H groups in total. The second-order valence-electron chi connectivity index (χ2n) is 5.73. The van der Waals surface area contributed by atoms with Crippen LogP contribution in [-0.4, -0.2) is 11.0 Å². The molecule has 0 aliphatic carbocycles. The van der Waals surface area contributed by atoms with Gasteiger partial charge in [-0.15, -0.1) is 0 Å². The van der Waals surface area contributed by atoms with E-state index in [1.54, 1.807) is 0 Å². The zero-order valence-corrected chi connectivity index (χ0v) is 11.4. The fraction of sp³-hybridized carbons (Fsp3) is 0.643. The average Bonchev–Trinajstić information content (AvgIpc) is 2.14. The molecule has 1 aromatic rings. The summed E-state index contributed by atoms with van der Waals surface area (Å²) in [6, 6.07) is 4.85. The number of pyridine rings is 1. The smallest absolute Gasteiger partial charge is 0.0460 e. The summed E-state index contributed by atoms with van der Waals surface area (Å²) in [5.74, 6) is 0. The highest BCUT2D eigenvalue weighted by Gasteiger charge is 2.15. The van der Waals surface area contributed by atoms with Crippen LogP contribution < -0.4 is 5.32 Å². The molecule has 0 atom stereocenters. The topological polar surface area (TPSA) is 24.9 Å². The van der Waals surface area contributed by atoms with Crippen LogP contribution in [0.3, 0.4) is 0 Å². The Morgan fingerprint density at radius 1 is 1.25 bits per heavy atom. The van der Waals surface area contributed by atoms with E-state index in [1.807, 2.05) is 0 Å². The van der Waals surface area contributed by atoms with E-state index in [-0.39, 0.29) is 5.41 Å². The Kier molecular flexibility index (Phi) is 4.09. The average molecular weight is 220 g/mol. The number of nitrogens with one attached hydrogen (secondary N) is 1. The maximum Gasteiger partial charge on any atom is 0.0460 e. The molecule has 0 spiro atoms. The second-order valence-corrected chi connectivity index (χ2v) is 5.73. The highest BCUT2D eigenvalue weighted by atomic mass is 14.9. The van der Waals surface area contributed by atoms with Crippen molar-refractivity contribution in [3.8, 4) is 0 Å². The minimum atomic E-state index is 0.134. The van der Waals surface area contributed by atoms with Crippen LogP contribution in [-0.2, 0) is 12.0 Å². The fourth-order valence-corrected chi connectivity index (χ4v) is 1.51. The Morgan fingerprint density at radius 2 is 1.88 bits per heavy atom. The van der Waals surface area contributed by atoms with Crippen LogP contribution in [0.25, 0.3) is 0 Å². The van der Waals surface area contributed by atoms with Gasteiger partial charge in [-0.1, -0.05) is 40.7 Å². The van der Waals surface area contributed by atoms with Gasteiger partial charge in [0.15, 0.2) is 0 Å². The first-order valence-corrected chi connectivity index (χ1v) is 6.01. The van der Waals surface area contributed by atoms with Gasteiger partial charge in [0.2, 0.25) is 0 Å². The summed E-state index contributed by atoms with van der Waals surface area (Å²) in [5, 5.41) is 3.42. The SMILES string of the molecule is Cc1nc(C(C)(C)C)ccc1CNC(C)C. The van der Waals surface area contributed by atoms with Gasteiger partial charge in [-0.2, -0.15) is 0 Å². The molecule has 1 aromatic heterocycles. The van der Waals surface area contributed by atoms with E-state index in [4.69, 9.17) is 0 Å². The first-order chi connectivity index (χ1) is 7.30. The van der Waals surface area contributed by atoms with Crippen molar-refractivity contribution in [1.82, 2.24) is 10.3 Å². The predicted octanol–water partition coefficient (Wildman–Crippen LogP) is 3.19. The number of aryl methyl sites for hydroxylation is 1. The third-order valence-corrected chi connectivity index (χ3v) is 2.66. The zero-order chi connectivity index (χ0) is 12.3. The number of nitrogens with zero attached hydrogens (tertiary/aromatic N) is 1. The fourth-order valence-electron chi connectivity index (χ4n) is 1.51. The van der Waals surface area contributed by atoms with Crippen LogP contribution in [0, 0.1) is 6.92 Å². The summed E-state index contributed by atoms with van der Waals surface area (Å²) < 4.78 is 0. The van der Waals surface area contributed by atoms with Gasteiger partial charge in [-0.25, -0.2) is 0 Å². The highest BCUT2D eigenvalue weighted by molar-refractivity contribution is 5.25. The Hall–Kier alpha value is -0.890. The van der Waals surface area contributed by atoms with Crippen LogP contribution >= 0.6 is 0 Å². The maximum atomic E-state index is 4.68. The lowest BCUT2D eigenvalue weighted by Crippen LogP contribution is -2.23. The van der Waals surface area contributed by atoms with Crippen molar-refractivity contribution >= 4 is 0 Å². The predicted molar refractivity (Wildman–Crippen MR) is 69.6 cm³/mol. The largest absolute Gasteiger partial charge is 0.310 e. The summed E-state index contributed by atoms with van der Waals surface area (Å²) in [4.78, 5) is 4.68. The van der Waals surface area contributed by atoms with Gasteiger partial charge in [0.1, 0.15) is 0 Å². The van der Waals surface area contributed by atoms with Crippen LogP contribution in [0.1, 0.15) is 51.6 Å². The third-order valence-electron chi connectivity index (χ3n) is 2.66. The number of hydrogen-bond donors (Lipinski definition) is 1. The summed E-state index contributed by atoms with van der Waals surface area (Å²) in [6.07, 6.45) is 0. The molecule has 0 bridgehead atoms. The van der Waals surface area contributed by atoms with Gasteiger partial charge < -0.3 is 5.32 Å². The lowest BCUT2D eigenvalue weighted by molar-refractivity contribution is 0.560. The minimum Gasteiger partial charge on any atom is -0.310 e. The lowest BCUT2D eigenvalue weighted by Gasteiger charge is -2.19. The molecule has 0 unspecified atom stereocenters. The van der Waals surface area contributed by atoms with Crippen molar-refractivity contribution in [2.24, 2.45) is 0 Å². The molecule has 2 nitrogen and oxygen atoms in total. The molecule has 1 rings (SSSR count). The molecule has 0 saturated carbocycles. The van der Waals surface area contributed by atoms with E-state index in [0.717, 1.165) is 12.2 Å². The van der Waals surface area contributed by atoms with E-state index in [9.17, 15) is 0 Å². The Bertz CT molecular complexity index is 348. The lowest BCUT2D eigenvalue weighted by atomic mass is 9.91. The monoisotopic (exact) mass is 220 g/mol. The minimum absolute atomic E-state index is 0.134. The van der Waals surface area contributed by atoms with E-state index in [1.165, 1.54) is 11.3 Å². The first kappa shape index (κ1) is 13.2. The standard InChI is InChI=1S/C14H24N2/c1-10(2)15-9-12-7-8-13(14(4,5)6)16-11(12)3/h7-8,10,15H,9H2,1-6H3. The summed E-state index contributed by atoms with van der Waals surface area (Å²) >= 11 is 0. The molecule has 0 aliphatic rings. The van der Waals surface area contributed by atoms with Crippen molar-refractivity contribution < 1.29 is 0 Å². The number of aromatic nitrogens is 1. The Morgan fingerprint density at radius 3 is 2.31 bits per heavy atom. The highest BCUT2D eigenvalue weighted by Crippen LogP contribution is 2.21. The van der Waals surface area contributed by atoms with Gasteiger partial charge in [-0.05, 0) is 18.6 Å². The van der Waals surface area contributed by atoms with Crippen LogP contribution in [0.15, 0.2) is 12.1 Å². The van der Waals surface area contributed by atoms with Crippen LogP contribution in [0.2, 0.25) is 0 Å². The van der Waals surface area contributed by atoms with Gasteiger partial charge >= 0.3 is 0 Å². The maximum absolute atomic E-state index is 4.68. The molecular weight excluding hydrogens is 196 g/mol. The summed E-state index contributed by atoms with van der Waals surface area (Å²) in [7, 11) is 0. The molecule has 0 aromatic carbocycles. The summed E-state index contributed by atoms with van der Waals surface area (Å²) in [6.45, 7) is 13.9. The van der Waals surface area contributed by atoms with Crippen molar-refractivity contribution in [2.75, 3.05) is 0 Å². The Balaban J connectivity index is 2.84. The number of hydrogen-bond acceptors (Lipinski definition) is 2. The Labute approximate surface area is 99.5 Å². The van der Waals surface area contributed by atoms with Crippen molar-refractivity contribution in [1.29, 1.82) is 0 Å². The van der Waals surface area contributed by atoms with Gasteiger partial charge in [0.05, 0.1) is 0 Å². The molecule has 0 amide bonds. The third kappa shape index (κ3) is 3.60. The van der Waals surface area contributed by atoms with E-state index < -0.39 is 0 Å². The van der Waals surface area contributed by atoms with E-state index in [0.29, 0.717) is 6.04 Å². The molecule has 0 aliphatic heterocycles. The van der Waals surface area contributed by atoms with Gasteiger partial charge in [0.25, 0.3) is 0 Å². The van der Waals surface area contributed by atoms with Crippen molar-refractivity contribution in [3.63, 3.8) is 0 Å². The molecule has 0 fully saturated rings. The van der Waals surface area contributed by atoms with E-state index >= 15 is 0 Å². The molecule has 0 radical (unpaired) electrons.